The van der Waals surface area contributed by atoms with Crippen LogP contribution in [0.4, 0.5) is 0 Å². The molecule has 2 rings (SSSR count). The van der Waals surface area contributed by atoms with Crippen molar-refractivity contribution in [3.8, 4) is 11.8 Å². The van der Waals surface area contributed by atoms with E-state index in [1.165, 1.54) is 6.33 Å². The number of aromatic nitrogens is 3. The molecular weight excluding hydrogens is 286 g/mol. The number of carbonyl (C=O) groups is 1. The van der Waals surface area contributed by atoms with E-state index in [1.54, 1.807) is 41.2 Å². The number of amides is 1. The van der Waals surface area contributed by atoms with Crippen LogP contribution in [0.3, 0.4) is 0 Å². The van der Waals surface area contributed by atoms with Crippen LogP contribution in [0.5, 0.6) is 0 Å². The van der Waals surface area contributed by atoms with Gasteiger partial charge >= 0.3 is 0 Å². The van der Waals surface area contributed by atoms with Crippen molar-refractivity contribution in [2.24, 2.45) is 5.73 Å². The van der Waals surface area contributed by atoms with E-state index in [2.05, 4.69) is 21.9 Å². The first-order valence-corrected chi connectivity index (χ1v) is 7.35. The lowest BCUT2D eigenvalue weighted by Crippen LogP contribution is -2.32. The van der Waals surface area contributed by atoms with Crippen molar-refractivity contribution in [2.45, 2.75) is 19.5 Å². The number of thiophene rings is 1. The molecule has 1 unspecified atom stereocenters. The van der Waals surface area contributed by atoms with Gasteiger partial charge < -0.3 is 10.6 Å². The van der Waals surface area contributed by atoms with Gasteiger partial charge in [-0.2, -0.15) is 5.10 Å². The fourth-order valence-corrected chi connectivity index (χ4v) is 2.71. The summed E-state index contributed by atoms with van der Waals surface area (Å²) in [6, 6.07) is 1.62. The van der Waals surface area contributed by atoms with E-state index in [0.29, 0.717) is 13.1 Å². The van der Waals surface area contributed by atoms with Crippen LogP contribution in [-0.4, -0.2) is 39.2 Å². The number of likely N-dealkylation sites (N-methyl/N-ethyl adjacent to an activating group) is 1. The molecule has 0 radical (unpaired) electrons. The fourth-order valence-electron chi connectivity index (χ4n) is 1.84. The average Bonchev–Trinajstić information content (AvgIpc) is 3.15. The molecule has 2 heterocycles. The minimum atomic E-state index is -0.367. The predicted octanol–water partition coefficient (Wildman–Crippen LogP) is 0.869. The lowest BCUT2D eigenvalue weighted by molar-refractivity contribution is -0.133. The molecule has 1 amide bonds. The second-order valence-corrected chi connectivity index (χ2v) is 5.55. The molecule has 0 aliphatic heterocycles. The van der Waals surface area contributed by atoms with E-state index in [4.69, 9.17) is 5.73 Å². The lowest BCUT2D eigenvalue weighted by Gasteiger charge is -2.20. The summed E-state index contributed by atoms with van der Waals surface area (Å²) in [6.07, 6.45) is 2.97. The summed E-state index contributed by atoms with van der Waals surface area (Å²) in [4.78, 5) is 18.9. The highest BCUT2D eigenvalue weighted by Gasteiger charge is 2.20. The molecule has 0 saturated heterocycles. The van der Waals surface area contributed by atoms with Crippen molar-refractivity contribution >= 4 is 17.2 Å². The van der Waals surface area contributed by atoms with Crippen LogP contribution >= 0.6 is 11.3 Å². The molecule has 0 aliphatic rings. The van der Waals surface area contributed by atoms with E-state index in [9.17, 15) is 4.79 Å². The number of hydrogen-bond acceptors (Lipinski definition) is 5. The molecule has 0 spiro atoms. The average molecular weight is 303 g/mol. The Labute approximate surface area is 127 Å². The van der Waals surface area contributed by atoms with Crippen LogP contribution in [0.1, 0.15) is 23.4 Å². The van der Waals surface area contributed by atoms with E-state index >= 15 is 0 Å². The number of rotatable bonds is 4. The second-order valence-electron chi connectivity index (χ2n) is 4.55. The van der Waals surface area contributed by atoms with Crippen LogP contribution in [0, 0.1) is 11.8 Å². The zero-order chi connectivity index (χ0) is 15.2. The molecule has 0 saturated carbocycles. The highest BCUT2D eigenvalue weighted by molar-refractivity contribution is 7.10. The Morgan fingerprint density at radius 3 is 3.10 bits per heavy atom. The summed E-state index contributed by atoms with van der Waals surface area (Å²) < 4.78 is 1.55. The maximum atomic E-state index is 12.3. The van der Waals surface area contributed by atoms with Crippen molar-refractivity contribution in [1.82, 2.24) is 19.7 Å². The van der Waals surface area contributed by atoms with Gasteiger partial charge in [-0.3, -0.25) is 4.79 Å². The molecule has 7 heteroatoms. The zero-order valence-electron chi connectivity index (χ0n) is 12.0. The van der Waals surface area contributed by atoms with Gasteiger partial charge in [-0.1, -0.05) is 11.8 Å². The smallest absolute Gasteiger partial charge is 0.247 e. The van der Waals surface area contributed by atoms with Gasteiger partial charge in [0.15, 0.2) is 0 Å². The standard InChI is InChI=1S/C14H17N5OS/c1-11(19-10-16-9-17-19)14(20)18(2)7-13-6-12(8-21-13)4-3-5-15/h6,8-11H,5,7,15H2,1-2H3. The third-order valence-corrected chi connectivity index (χ3v) is 3.87. The normalized spacial score (nSPS) is 11.6. The van der Waals surface area contributed by atoms with Crippen LogP contribution < -0.4 is 5.73 Å². The third kappa shape index (κ3) is 3.90. The first-order chi connectivity index (χ1) is 10.1. The summed E-state index contributed by atoms with van der Waals surface area (Å²) in [5.41, 5.74) is 6.28. The van der Waals surface area contributed by atoms with Crippen molar-refractivity contribution in [3.05, 3.63) is 34.5 Å². The Morgan fingerprint density at radius 1 is 1.62 bits per heavy atom. The summed E-state index contributed by atoms with van der Waals surface area (Å²) in [7, 11) is 1.78. The van der Waals surface area contributed by atoms with Crippen molar-refractivity contribution < 1.29 is 4.79 Å². The number of hydrogen-bond donors (Lipinski definition) is 1. The Hall–Kier alpha value is -2.17. The first kappa shape index (κ1) is 15.2. The monoisotopic (exact) mass is 303 g/mol. The summed E-state index contributed by atoms with van der Waals surface area (Å²) >= 11 is 1.58. The number of nitrogens with two attached hydrogens (primary N) is 1. The van der Waals surface area contributed by atoms with E-state index < -0.39 is 0 Å². The number of carbonyl (C=O) groups excluding carboxylic acids is 1. The first-order valence-electron chi connectivity index (χ1n) is 6.47. The summed E-state index contributed by atoms with van der Waals surface area (Å²) in [5, 5.41) is 5.96. The quantitative estimate of drug-likeness (QED) is 0.850. The molecule has 6 nitrogen and oxygen atoms in total. The van der Waals surface area contributed by atoms with Crippen LogP contribution in [0.2, 0.25) is 0 Å². The molecule has 0 aromatic carbocycles. The van der Waals surface area contributed by atoms with Gasteiger partial charge in [-0.25, -0.2) is 9.67 Å². The van der Waals surface area contributed by atoms with Crippen molar-refractivity contribution in [2.75, 3.05) is 13.6 Å². The maximum absolute atomic E-state index is 12.3. The Balaban J connectivity index is 1.99. The van der Waals surface area contributed by atoms with Gasteiger partial charge in [0.1, 0.15) is 18.7 Å². The molecule has 0 bridgehead atoms. The van der Waals surface area contributed by atoms with Gasteiger partial charge in [-0.15, -0.1) is 11.3 Å². The molecule has 0 fully saturated rings. The van der Waals surface area contributed by atoms with Crippen LogP contribution in [0.25, 0.3) is 0 Å². The van der Waals surface area contributed by atoms with Gasteiger partial charge in [0, 0.05) is 22.9 Å². The third-order valence-electron chi connectivity index (χ3n) is 2.95. The van der Waals surface area contributed by atoms with Gasteiger partial charge in [-0.05, 0) is 13.0 Å². The molecule has 2 aromatic heterocycles. The fraction of sp³-hybridized carbons (Fsp3) is 0.357. The van der Waals surface area contributed by atoms with Gasteiger partial charge in [0.2, 0.25) is 5.91 Å². The minimum Gasteiger partial charge on any atom is -0.339 e. The highest BCUT2D eigenvalue weighted by atomic mass is 32.1. The molecule has 2 N–H and O–H groups in total. The molecule has 0 aliphatic carbocycles. The Morgan fingerprint density at radius 2 is 2.43 bits per heavy atom. The summed E-state index contributed by atoms with van der Waals surface area (Å²) in [6.45, 7) is 2.70. The van der Waals surface area contributed by atoms with E-state index in [0.717, 1.165) is 10.4 Å². The van der Waals surface area contributed by atoms with Crippen LogP contribution in [-0.2, 0) is 11.3 Å². The zero-order valence-corrected chi connectivity index (χ0v) is 12.8. The van der Waals surface area contributed by atoms with Gasteiger partial charge in [0.25, 0.3) is 0 Å². The molecule has 110 valence electrons. The summed E-state index contributed by atoms with van der Waals surface area (Å²) in [5.74, 6) is 5.79. The SMILES string of the molecule is CC(C(=O)N(C)Cc1cc(C#CCN)cs1)n1cncn1. The van der Waals surface area contributed by atoms with Crippen LogP contribution in [0.15, 0.2) is 24.1 Å². The second kappa shape index (κ2) is 7.02. The topological polar surface area (TPSA) is 77.0 Å². The molecule has 1 atom stereocenters. The molecular formula is C14H17N5OS. The maximum Gasteiger partial charge on any atom is 0.247 e. The van der Waals surface area contributed by atoms with E-state index in [1.807, 2.05) is 11.4 Å². The highest BCUT2D eigenvalue weighted by Crippen LogP contribution is 2.17. The predicted molar refractivity (Wildman–Crippen MR) is 81.5 cm³/mol. The Bertz CT molecular complexity index is 652. The van der Waals surface area contributed by atoms with Gasteiger partial charge in [0.05, 0.1) is 13.1 Å². The minimum absolute atomic E-state index is 0.0107. The molecule has 21 heavy (non-hydrogen) atoms. The Kier molecular flexibility index (Phi) is 5.09. The number of nitrogens with zero attached hydrogens (tertiary/aromatic N) is 4. The van der Waals surface area contributed by atoms with Crippen molar-refractivity contribution in [3.63, 3.8) is 0 Å². The lowest BCUT2D eigenvalue weighted by atomic mass is 10.2. The largest absolute Gasteiger partial charge is 0.339 e. The van der Waals surface area contributed by atoms with E-state index in [-0.39, 0.29) is 11.9 Å². The van der Waals surface area contributed by atoms with Crippen molar-refractivity contribution in [1.29, 1.82) is 0 Å². The molecule has 2 aromatic rings.